The molecule has 1 nitrogen and oxygen atoms in total. The summed E-state index contributed by atoms with van der Waals surface area (Å²) in [6.07, 6.45) is 0. The molecular formula is C18H22FN. The fourth-order valence-corrected chi connectivity index (χ4v) is 2.75. The van der Waals surface area contributed by atoms with E-state index < -0.39 is 0 Å². The Labute approximate surface area is 120 Å². The minimum atomic E-state index is -0.152. The lowest BCUT2D eigenvalue weighted by atomic mass is 9.92. The Kier molecular flexibility index (Phi) is 4.56. The van der Waals surface area contributed by atoms with Gasteiger partial charge < -0.3 is 5.32 Å². The Morgan fingerprint density at radius 1 is 1.00 bits per heavy atom. The molecule has 0 fully saturated rings. The van der Waals surface area contributed by atoms with Gasteiger partial charge in [-0.05, 0) is 61.7 Å². The van der Waals surface area contributed by atoms with Gasteiger partial charge in [0, 0.05) is 12.1 Å². The van der Waals surface area contributed by atoms with Gasteiger partial charge in [-0.15, -0.1) is 0 Å². The van der Waals surface area contributed by atoms with E-state index in [-0.39, 0.29) is 5.82 Å². The Balaban J connectivity index is 2.51. The van der Waals surface area contributed by atoms with E-state index in [9.17, 15) is 4.39 Å². The molecule has 2 rings (SSSR count). The lowest BCUT2D eigenvalue weighted by Crippen LogP contribution is -2.11. The summed E-state index contributed by atoms with van der Waals surface area (Å²) in [6, 6.07) is 9.60. The molecule has 106 valence electrons. The van der Waals surface area contributed by atoms with Crippen LogP contribution in [0.25, 0.3) is 11.1 Å². The quantitative estimate of drug-likeness (QED) is 0.861. The Hall–Kier alpha value is -1.67. The van der Waals surface area contributed by atoms with Crippen molar-refractivity contribution in [2.45, 2.75) is 34.2 Å². The maximum absolute atomic E-state index is 14.2. The summed E-state index contributed by atoms with van der Waals surface area (Å²) >= 11 is 0. The van der Waals surface area contributed by atoms with Gasteiger partial charge in [0.2, 0.25) is 0 Å². The number of hydrogen-bond acceptors (Lipinski definition) is 1. The number of rotatable bonds is 4. The van der Waals surface area contributed by atoms with Gasteiger partial charge in [-0.1, -0.05) is 30.7 Å². The number of hydrogen-bond donors (Lipinski definition) is 1. The fourth-order valence-electron chi connectivity index (χ4n) is 2.75. The summed E-state index contributed by atoms with van der Waals surface area (Å²) < 4.78 is 14.2. The number of aryl methyl sites for hydroxylation is 3. The van der Waals surface area contributed by atoms with Gasteiger partial charge in [-0.3, -0.25) is 0 Å². The van der Waals surface area contributed by atoms with E-state index in [1.807, 2.05) is 26.0 Å². The highest BCUT2D eigenvalue weighted by Crippen LogP contribution is 2.31. The van der Waals surface area contributed by atoms with Crippen molar-refractivity contribution in [3.63, 3.8) is 0 Å². The third-order valence-corrected chi connectivity index (χ3v) is 3.56. The highest BCUT2D eigenvalue weighted by Gasteiger charge is 2.12. The van der Waals surface area contributed by atoms with E-state index in [1.165, 1.54) is 5.56 Å². The largest absolute Gasteiger partial charge is 0.313 e. The smallest absolute Gasteiger partial charge is 0.131 e. The number of halogens is 1. The lowest BCUT2D eigenvalue weighted by molar-refractivity contribution is 0.629. The zero-order valence-corrected chi connectivity index (χ0v) is 12.7. The molecule has 0 saturated carbocycles. The van der Waals surface area contributed by atoms with E-state index in [0.29, 0.717) is 5.56 Å². The van der Waals surface area contributed by atoms with Gasteiger partial charge in [0.05, 0.1) is 0 Å². The molecule has 0 bridgehead atoms. The maximum Gasteiger partial charge on any atom is 0.131 e. The molecule has 0 amide bonds. The average Bonchev–Trinajstić information content (AvgIpc) is 2.38. The van der Waals surface area contributed by atoms with Crippen molar-refractivity contribution < 1.29 is 4.39 Å². The molecule has 0 aliphatic heterocycles. The van der Waals surface area contributed by atoms with E-state index in [0.717, 1.165) is 35.3 Å². The predicted molar refractivity (Wildman–Crippen MR) is 83.4 cm³/mol. The second-order valence-corrected chi connectivity index (χ2v) is 5.37. The summed E-state index contributed by atoms with van der Waals surface area (Å²) in [5, 5.41) is 3.28. The van der Waals surface area contributed by atoms with E-state index in [1.54, 1.807) is 6.07 Å². The van der Waals surface area contributed by atoms with Crippen LogP contribution in [0.1, 0.15) is 29.2 Å². The summed E-state index contributed by atoms with van der Waals surface area (Å²) in [7, 11) is 0. The molecule has 0 saturated heterocycles. The monoisotopic (exact) mass is 271 g/mol. The summed E-state index contributed by atoms with van der Waals surface area (Å²) in [5.74, 6) is -0.152. The molecule has 0 unspecified atom stereocenters. The topological polar surface area (TPSA) is 12.0 Å². The second kappa shape index (κ2) is 6.19. The molecule has 0 spiro atoms. The van der Waals surface area contributed by atoms with Crippen LogP contribution >= 0.6 is 0 Å². The van der Waals surface area contributed by atoms with Gasteiger partial charge in [0.1, 0.15) is 5.82 Å². The Morgan fingerprint density at radius 3 is 2.25 bits per heavy atom. The first-order valence-corrected chi connectivity index (χ1v) is 7.10. The Bertz CT molecular complexity index is 594. The second-order valence-electron chi connectivity index (χ2n) is 5.37. The van der Waals surface area contributed by atoms with E-state index in [2.05, 4.69) is 31.3 Å². The van der Waals surface area contributed by atoms with Gasteiger partial charge in [0.15, 0.2) is 0 Å². The first-order chi connectivity index (χ1) is 9.52. The molecule has 0 heterocycles. The summed E-state index contributed by atoms with van der Waals surface area (Å²) in [6.45, 7) is 9.92. The first kappa shape index (κ1) is 14.7. The molecule has 20 heavy (non-hydrogen) atoms. The van der Waals surface area contributed by atoms with Crippen LogP contribution in [0, 0.1) is 26.6 Å². The number of nitrogens with one attached hydrogen (secondary N) is 1. The molecular weight excluding hydrogens is 249 g/mol. The van der Waals surface area contributed by atoms with E-state index in [4.69, 9.17) is 0 Å². The molecule has 2 heteroatoms. The minimum absolute atomic E-state index is 0.152. The standard InChI is InChI=1S/C18H22FN/c1-5-20-11-15-6-7-17(19)16(10-15)18-13(3)8-12(2)9-14(18)4/h6-10,20H,5,11H2,1-4H3. The highest BCUT2D eigenvalue weighted by molar-refractivity contribution is 5.72. The Morgan fingerprint density at radius 2 is 1.65 bits per heavy atom. The lowest BCUT2D eigenvalue weighted by Gasteiger charge is -2.14. The van der Waals surface area contributed by atoms with E-state index >= 15 is 0 Å². The van der Waals surface area contributed by atoms with Crippen LogP contribution in [0.3, 0.4) is 0 Å². The predicted octanol–water partition coefficient (Wildman–Crippen LogP) is 4.53. The van der Waals surface area contributed by atoms with Crippen molar-refractivity contribution >= 4 is 0 Å². The highest BCUT2D eigenvalue weighted by atomic mass is 19.1. The third kappa shape index (κ3) is 3.07. The molecule has 1 N–H and O–H groups in total. The molecule has 0 aliphatic rings. The zero-order chi connectivity index (χ0) is 14.7. The molecule has 0 aromatic heterocycles. The molecule has 2 aromatic carbocycles. The molecule has 0 atom stereocenters. The maximum atomic E-state index is 14.2. The van der Waals surface area contributed by atoms with Crippen molar-refractivity contribution in [1.29, 1.82) is 0 Å². The van der Waals surface area contributed by atoms with Crippen LogP contribution in [0.2, 0.25) is 0 Å². The molecule has 2 aromatic rings. The van der Waals surface area contributed by atoms with Gasteiger partial charge in [-0.2, -0.15) is 0 Å². The molecule has 0 aliphatic carbocycles. The van der Waals surface area contributed by atoms with Crippen molar-refractivity contribution in [1.82, 2.24) is 5.32 Å². The van der Waals surface area contributed by atoms with Crippen molar-refractivity contribution in [2.75, 3.05) is 6.54 Å². The first-order valence-electron chi connectivity index (χ1n) is 7.10. The van der Waals surface area contributed by atoms with Crippen LogP contribution in [0.4, 0.5) is 4.39 Å². The van der Waals surface area contributed by atoms with Crippen molar-refractivity contribution in [3.8, 4) is 11.1 Å². The van der Waals surface area contributed by atoms with Gasteiger partial charge in [-0.25, -0.2) is 4.39 Å². The van der Waals surface area contributed by atoms with Crippen molar-refractivity contribution in [2.24, 2.45) is 0 Å². The van der Waals surface area contributed by atoms with Crippen LogP contribution in [-0.4, -0.2) is 6.54 Å². The summed E-state index contributed by atoms with van der Waals surface area (Å²) in [4.78, 5) is 0. The SMILES string of the molecule is CCNCc1ccc(F)c(-c2c(C)cc(C)cc2C)c1. The summed E-state index contributed by atoms with van der Waals surface area (Å²) in [5.41, 5.74) is 6.31. The van der Waals surface area contributed by atoms with Crippen LogP contribution < -0.4 is 5.32 Å². The average molecular weight is 271 g/mol. The minimum Gasteiger partial charge on any atom is -0.313 e. The van der Waals surface area contributed by atoms with Gasteiger partial charge in [0.25, 0.3) is 0 Å². The molecule has 0 radical (unpaired) electrons. The van der Waals surface area contributed by atoms with Gasteiger partial charge >= 0.3 is 0 Å². The third-order valence-electron chi connectivity index (χ3n) is 3.56. The van der Waals surface area contributed by atoms with Crippen LogP contribution in [0.5, 0.6) is 0 Å². The zero-order valence-electron chi connectivity index (χ0n) is 12.7. The van der Waals surface area contributed by atoms with Crippen LogP contribution in [-0.2, 0) is 6.54 Å². The van der Waals surface area contributed by atoms with Crippen molar-refractivity contribution in [3.05, 3.63) is 58.4 Å². The van der Waals surface area contributed by atoms with Crippen LogP contribution in [0.15, 0.2) is 30.3 Å². The fraction of sp³-hybridized carbons (Fsp3) is 0.333. The normalized spacial score (nSPS) is 10.8. The number of benzene rings is 2.